The normalized spacial score (nSPS) is 16.2. The van der Waals surface area contributed by atoms with Crippen LogP contribution in [0.3, 0.4) is 0 Å². The largest absolute Gasteiger partial charge is 0.346 e. The molecule has 1 fully saturated rings. The van der Waals surface area contributed by atoms with Gasteiger partial charge in [0.05, 0.1) is 28.4 Å². The van der Waals surface area contributed by atoms with Gasteiger partial charge in [0.2, 0.25) is 0 Å². The summed E-state index contributed by atoms with van der Waals surface area (Å²) in [5.74, 6) is -0.796. The maximum Gasteiger partial charge on any atom is 0.261 e. The number of hydrogen-bond donors (Lipinski definition) is 1. The van der Waals surface area contributed by atoms with Crippen molar-refractivity contribution in [1.82, 2.24) is 15.2 Å². The van der Waals surface area contributed by atoms with E-state index in [0.717, 1.165) is 49.2 Å². The van der Waals surface area contributed by atoms with Gasteiger partial charge in [-0.2, -0.15) is 0 Å². The number of carbonyl (C=O) groups excluding carboxylic acids is 3. The minimum Gasteiger partial charge on any atom is -0.346 e. The fourth-order valence-corrected chi connectivity index (χ4v) is 5.45. The third-order valence-corrected chi connectivity index (χ3v) is 7.25. The van der Waals surface area contributed by atoms with Crippen molar-refractivity contribution in [3.8, 4) is 0 Å². The Morgan fingerprint density at radius 1 is 1.00 bits per heavy atom. The molecule has 5 rings (SSSR count). The smallest absolute Gasteiger partial charge is 0.261 e. The van der Waals surface area contributed by atoms with Crippen LogP contribution in [-0.2, 0) is 13.0 Å². The minimum atomic E-state index is -0.285. The lowest BCUT2D eigenvalue weighted by Gasteiger charge is -2.29. The van der Waals surface area contributed by atoms with Gasteiger partial charge in [-0.3, -0.25) is 19.3 Å². The zero-order valence-electron chi connectivity index (χ0n) is 18.3. The molecule has 3 aromatic rings. The molecule has 0 spiro atoms. The number of aromatic nitrogens is 1. The van der Waals surface area contributed by atoms with Crippen molar-refractivity contribution in [2.45, 2.75) is 51.1 Å². The molecule has 1 aromatic heterocycles. The summed E-state index contributed by atoms with van der Waals surface area (Å²) in [5, 5.41) is 5.82. The Hall–Kier alpha value is -3.32. The molecule has 168 valence electrons. The van der Waals surface area contributed by atoms with Crippen molar-refractivity contribution >= 4 is 29.1 Å². The number of carbonyl (C=O) groups is 3. The number of thiazole rings is 1. The van der Waals surface area contributed by atoms with Crippen LogP contribution in [-0.4, -0.2) is 33.6 Å². The van der Waals surface area contributed by atoms with E-state index in [-0.39, 0.29) is 23.8 Å². The number of fused-ring (bicyclic) bond motifs is 1. The molecule has 7 heteroatoms. The zero-order chi connectivity index (χ0) is 22.8. The van der Waals surface area contributed by atoms with Crippen molar-refractivity contribution in [3.05, 3.63) is 86.9 Å². The van der Waals surface area contributed by atoms with Crippen molar-refractivity contribution in [1.29, 1.82) is 0 Å². The molecule has 0 atom stereocenters. The first kappa shape index (κ1) is 21.5. The predicted molar refractivity (Wildman–Crippen MR) is 126 cm³/mol. The fraction of sp³-hybridized carbons (Fsp3) is 0.308. The number of imide groups is 1. The molecule has 6 nitrogen and oxygen atoms in total. The predicted octanol–water partition coefficient (Wildman–Crippen LogP) is 4.59. The van der Waals surface area contributed by atoms with Gasteiger partial charge in [-0.25, -0.2) is 4.98 Å². The number of benzene rings is 2. The highest BCUT2D eigenvalue weighted by Crippen LogP contribution is 2.31. The Morgan fingerprint density at radius 3 is 2.55 bits per heavy atom. The molecule has 0 radical (unpaired) electrons. The van der Waals surface area contributed by atoms with E-state index in [1.54, 1.807) is 29.5 Å². The molecule has 2 aromatic carbocycles. The van der Waals surface area contributed by atoms with Crippen LogP contribution in [0.15, 0.2) is 53.9 Å². The van der Waals surface area contributed by atoms with Crippen LogP contribution in [0.2, 0.25) is 0 Å². The van der Waals surface area contributed by atoms with Gasteiger partial charge in [0.15, 0.2) is 0 Å². The number of nitrogens with one attached hydrogen (secondary N) is 1. The van der Waals surface area contributed by atoms with E-state index in [9.17, 15) is 14.4 Å². The summed E-state index contributed by atoms with van der Waals surface area (Å²) >= 11 is 1.57. The van der Waals surface area contributed by atoms with Gasteiger partial charge in [-0.05, 0) is 36.6 Å². The van der Waals surface area contributed by atoms with Crippen LogP contribution >= 0.6 is 11.3 Å². The molecule has 1 saturated carbocycles. The summed E-state index contributed by atoms with van der Waals surface area (Å²) in [5.41, 5.74) is 3.10. The van der Waals surface area contributed by atoms with Crippen LogP contribution in [0.5, 0.6) is 0 Å². The van der Waals surface area contributed by atoms with Crippen LogP contribution in [0.4, 0.5) is 0 Å². The van der Waals surface area contributed by atoms with Crippen molar-refractivity contribution in [3.63, 3.8) is 0 Å². The second-order valence-electron chi connectivity index (χ2n) is 8.61. The summed E-state index contributed by atoms with van der Waals surface area (Å²) in [6.45, 7) is 0.308. The molecule has 2 heterocycles. The fourth-order valence-electron chi connectivity index (χ4n) is 4.63. The minimum absolute atomic E-state index is 0.0295. The lowest BCUT2D eigenvalue weighted by atomic mass is 9.94. The average molecular weight is 460 g/mol. The maximum atomic E-state index is 13.0. The molecule has 3 amide bonds. The Balaban J connectivity index is 1.23. The second kappa shape index (κ2) is 9.27. The van der Waals surface area contributed by atoms with Crippen molar-refractivity contribution < 1.29 is 14.4 Å². The molecule has 33 heavy (non-hydrogen) atoms. The topological polar surface area (TPSA) is 79.4 Å². The van der Waals surface area contributed by atoms with E-state index in [0.29, 0.717) is 23.2 Å². The average Bonchev–Trinajstić information content (AvgIpc) is 3.40. The van der Waals surface area contributed by atoms with E-state index in [1.807, 2.05) is 23.6 Å². The second-order valence-corrected chi connectivity index (χ2v) is 9.55. The highest BCUT2D eigenvalue weighted by molar-refractivity contribution is 7.09. The summed E-state index contributed by atoms with van der Waals surface area (Å²) in [6.07, 6.45) is 5.71. The van der Waals surface area contributed by atoms with Gasteiger partial charge in [-0.1, -0.05) is 49.6 Å². The number of hydrogen-bond acceptors (Lipinski definition) is 5. The lowest BCUT2D eigenvalue weighted by molar-refractivity contribution is 0.0548. The summed E-state index contributed by atoms with van der Waals surface area (Å²) < 4.78 is 0. The van der Waals surface area contributed by atoms with Gasteiger partial charge >= 0.3 is 0 Å². The van der Waals surface area contributed by atoms with E-state index in [2.05, 4.69) is 22.4 Å². The third-order valence-electron chi connectivity index (χ3n) is 6.35. The molecule has 1 aliphatic heterocycles. The molecule has 0 unspecified atom stereocenters. The molecule has 0 saturated heterocycles. The van der Waals surface area contributed by atoms with Gasteiger partial charge in [0.25, 0.3) is 17.7 Å². The Labute approximate surface area is 196 Å². The Morgan fingerprint density at radius 2 is 1.76 bits per heavy atom. The molecule has 1 aliphatic carbocycles. The van der Waals surface area contributed by atoms with Crippen molar-refractivity contribution in [2.24, 2.45) is 0 Å². The van der Waals surface area contributed by atoms with Gasteiger partial charge in [0.1, 0.15) is 0 Å². The van der Waals surface area contributed by atoms with E-state index in [4.69, 9.17) is 0 Å². The van der Waals surface area contributed by atoms with E-state index < -0.39 is 0 Å². The first-order chi connectivity index (χ1) is 16.1. The molecular formula is C26H25N3O3S. The maximum absolute atomic E-state index is 13.0. The van der Waals surface area contributed by atoms with E-state index in [1.165, 1.54) is 10.5 Å². The first-order valence-corrected chi connectivity index (χ1v) is 12.3. The standard InChI is InChI=1S/C26H25N3O3S/c30-24(27-15-19-16-33-23(28-19)13-17-7-3-1-4-8-17)18-11-12-21-22(14-18)26(32)29(25(21)31)20-9-5-2-6-10-20/h1,3-4,7-8,11-12,14,16,20H,2,5-6,9-10,13,15H2,(H,27,30). The number of amides is 3. The van der Waals surface area contributed by atoms with Crippen LogP contribution in [0.25, 0.3) is 0 Å². The van der Waals surface area contributed by atoms with Gasteiger partial charge in [0, 0.05) is 23.4 Å². The SMILES string of the molecule is O=C(NCc1csc(Cc2ccccc2)n1)c1ccc2c(c1)C(=O)N(C1CCCCC1)C2=O. The molecule has 2 aliphatic rings. The lowest BCUT2D eigenvalue weighted by Crippen LogP contribution is -2.40. The number of rotatable bonds is 6. The number of nitrogens with zero attached hydrogens (tertiary/aromatic N) is 2. The molecule has 0 bridgehead atoms. The highest BCUT2D eigenvalue weighted by Gasteiger charge is 2.40. The third kappa shape index (κ3) is 4.46. The quantitative estimate of drug-likeness (QED) is 0.547. The van der Waals surface area contributed by atoms with Gasteiger partial charge in [-0.15, -0.1) is 11.3 Å². The monoisotopic (exact) mass is 459 g/mol. The molecular weight excluding hydrogens is 434 g/mol. The Kier molecular flexibility index (Phi) is 6.05. The van der Waals surface area contributed by atoms with Crippen molar-refractivity contribution in [2.75, 3.05) is 0 Å². The summed E-state index contributed by atoms with van der Waals surface area (Å²) in [6, 6.07) is 14.9. The van der Waals surface area contributed by atoms with Crippen LogP contribution in [0, 0.1) is 0 Å². The van der Waals surface area contributed by atoms with Gasteiger partial charge < -0.3 is 5.32 Å². The summed E-state index contributed by atoms with van der Waals surface area (Å²) in [7, 11) is 0. The van der Waals surface area contributed by atoms with Crippen LogP contribution < -0.4 is 5.32 Å². The Bertz CT molecular complexity index is 1200. The van der Waals surface area contributed by atoms with Crippen LogP contribution in [0.1, 0.15) is 79.4 Å². The summed E-state index contributed by atoms with van der Waals surface area (Å²) in [4.78, 5) is 44.6. The molecule has 1 N–H and O–H groups in total. The zero-order valence-corrected chi connectivity index (χ0v) is 19.1. The van der Waals surface area contributed by atoms with E-state index >= 15 is 0 Å². The first-order valence-electron chi connectivity index (χ1n) is 11.4. The highest BCUT2D eigenvalue weighted by atomic mass is 32.1.